The van der Waals surface area contributed by atoms with Gasteiger partial charge in [-0.05, 0) is 66.8 Å². The molecular formula is C18H18O3. The Morgan fingerprint density at radius 3 is 2.48 bits per heavy atom. The van der Waals surface area contributed by atoms with Gasteiger partial charge in [0.25, 0.3) is 0 Å². The Hall–Kier alpha value is -2.29. The molecule has 0 aromatic heterocycles. The number of fused-ring (bicyclic) bond motifs is 1. The predicted octanol–water partition coefficient (Wildman–Crippen LogP) is 3.39. The van der Waals surface area contributed by atoms with Crippen LogP contribution in [0.1, 0.15) is 34.0 Å². The highest BCUT2D eigenvalue weighted by Gasteiger charge is 2.41. The maximum Gasteiger partial charge on any atom is 0.169 e. The average Bonchev–Trinajstić information content (AvgIpc) is 2.65. The van der Waals surface area contributed by atoms with E-state index < -0.39 is 5.41 Å². The van der Waals surface area contributed by atoms with E-state index in [1.807, 2.05) is 19.9 Å². The van der Waals surface area contributed by atoms with E-state index in [0.717, 1.165) is 16.7 Å². The molecule has 0 saturated heterocycles. The Morgan fingerprint density at radius 2 is 1.76 bits per heavy atom. The maximum atomic E-state index is 12.7. The summed E-state index contributed by atoms with van der Waals surface area (Å²) < 4.78 is 0. The van der Waals surface area contributed by atoms with Crippen LogP contribution < -0.4 is 0 Å². The number of phenols is 2. The van der Waals surface area contributed by atoms with Crippen LogP contribution in [0.2, 0.25) is 0 Å². The van der Waals surface area contributed by atoms with E-state index in [0.29, 0.717) is 18.4 Å². The summed E-state index contributed by atoms with van der Waals surface area (Å²) >= 11 is 0. The molecule has 1 aliphatic rings. The summed E-state index contributed by atoms with van der Waals surface area (Å²) in [6.07, 6.45) is 1.27. The molecule has 0 bridgehead atoms. The number of carbonyl (C=O) groups is 1. The summed E-state index contributed by atoms with van der Waals surface area (Å²) in [4.78, 5) is 12.7. The molecule has 2 aromatic rings. The van der Waals surface area contributed by atoms with Crippen molar-refractivity contribution in [2.45, 2.75) is 26.7 Å². The molecule has 3 rings (SSSR count). The van der Waals surface area contributed by atoms with Crippen LogP contribution in [0.25, 0.3) is 0 Å². The maximum absolute atomic E-state index is 12.7. The standard InChI is InChI=1S/C18H18O3/c1-11-7-14(19)4-3-12(11)9-18(2)10-13-8-15(20)5-6-16(13)17(18)21/h3-8,19-20H,9-10H2,1-2H3. The molecule has 0 amide bonds. The van der Waals surface area contributed by atoms with Crippen LogP contribution >= 0.6 is 0 Å². The first-order valence-electron chi connectivity index (χ1n) is 7.04. The molecular weight excluding hydrogens is 264 g/mol. The normalized spacial score (nSPS) is 20.6. The summed E-state index contributed by atoms with van der Waals surface area (Å²) in [6, 6.07) is 10.2. The van der Waals surface area contributed by atoms with Gasteiger partial charge in [-0.15, -0.1) is 0 Å². The smallest absolute Gasteiger partial charge is 0.169 e. The zero-order valence-electron chi connectivity index (χ0n) is 12.2. The lowest BCUT2D eigenvalue weighted by Gasteiger charge is -2.23. The topological polar surface area (TPSA) is 57.5 Å². The van der Waals surface area contributed by atoms with Crippen LogP contribution in [-0.4, -0.2) is 16.0 Å². The van der Waals surface area contributed by atoms with Crippen LogP contribution in [0.4, 0.5) is 0 Å². The molecule has 0 heterocycles. The van der Waals surface area contributed by atoms with Gasteiger partial charge >= 0.3 is 0 Å². The fourth-order valence-electron chi connectivity index (χ4n) is 3.22. The molecule has 0 fully saturated rings. The van der Waals surface area contributed by atoms with Crippen molar-refractivity contribution in [1.29, 1.82) is 0 Å². The van der Waals surface area contributed by atoms with Crippen molar-refractivity contribution in [1.82, 2.24) is 0 Å². The van der Waals surface area contributed by atoms with Crippen LogP contribution in [0.3, 0.4) is 0 Å². The minimum atomic E-state index is -0.488. The number of hydrogen-bond acceptors (Lipinski definition) is 3. The fraction of sp³-hybridized carbons (Fsp3) is 0.278. The lowest BCUT2D eigenvalue weighted by molar-refractivity contribution is 0.0842. The van der Waals surface area contributed by atoms with Gasteiger partial charge in [-0.3, -0.25) is 4.79 Å². The number of aromatic hydroxyl groups is 2. The molecule has 108 valence electrons. The second-order valence-electron chi connectivity index (χ2n) is 6.20. The molecule has 2 N–H and O–H groups in total. The van der Waals surface area contributed by atoms with E-state index >= 15 is 0 Å². The lowest BCUT2D eigenvalue weighted by Crippen LogP contribution is -2.27. The number of ketones is 1. The van der Waals surface area contributed by atoms with Crippen molar-refractivity contribution in [2.75, 3.05) is 0 Å². The number of Topliss-reactive ketones (excluding diaryl/α,β-unsaturated/α-hetero) is 1. The van der Waals surface area contributed by atoms with Crippen molar-refractivity contribution in [2.24, 2.45) is 5.41 Å². The monoisotopic (exact) mass is 282 g/mol. The van der Waals surface area contributed by atoms with Crippen LogP contribution in [-0.2, 0) is 12.8 Å². The van der Waals surface area contributed by atoms with Gasteiger partial charge in [0.15, 0.2) is 5.78 Å². The Labute approximate surface area is 123 Å². The zero-order valence-corrected chi connectivity index (χ0v) is 12.2. The molecule has 3 heteroatoms. The highest BCUT2D eigenvalue weighted by atomic mass is 16.3. The predicted molar refractivity (Wildman–Crippen MR) is 80.8 cm³/mol. The van der Waals surface area contributed by atoms with E-state index in [1.54, 1.807) is 30.3 Å². The van der Waals surface area contributed by atoms with Crippen molar-refractivity contribution in [3.8, 4) is 11.5 Å². The third-order valence-electron chi connectivity index (χ3n) is 4.37. The van der Waals surface area contributed by atoms with Gasteiger partial charge < -0.3 is 10.2 Å². The second kappa shape index (κ2) is 4.62. The third kappa shape index (κ3) is 2.29. The summed E-state index contributed by atoms with van der Waals surface area (Å²) in [5.74, 6) is 0.573. The van der Waals surface area contributed by atoms with Gasteiger partial charge in [-0.25, -0.2) is 0 Å². The van der Waals surface area contributed by atoms with Gasteiger partial charge in [0.1, 0.15) is 11.5 Å². The van der Waals surface area contributed by atoms with E-state index in [-0.39, 0.29) is 17.3 Å². The molecule has 0 saturated carbocycles. The summed E-state index contributed by atoms with van der Waals surface area (Å²) in [5.41, 5.74) is 3.20. The van der Waals surface area contributed by atoms with Crippen molar-refractivity contribution < 1.29 is 15.0 Å². The van der Waals surface area contributed by atoms with Gasteiger partial charge in [0.2, 0.25) is 0 Å². The Balaban J connectivity index is 1.94. The molecule has 3 nitrogen and oxygen atoms in total. The Morgan fingerprint density at radius 1 is 1.10 bits per heavy atom. The lowest BCUT2D eigenvalue weighted by atomic mass is 9.79. The van der Waals surface area contributed by atoms with E-state index in [9.17, 15) is 15.0 Å². The first-order chi connectivity index (χ1) is 9.89. The molecule has 21 heavy (non-hydrogen) atoms. The molecule has 1 atom stereocenters. The van der Waals surface area contributed by atoms with Crippen molar-refractivity contribution in [3.05, 3.63) is 58.7 Å². The van der Waals surface area contributed by atoms with Crippen molar-refractivity contribution in [3.63, 3.8) is 0 Å². The fourth-order valence-corrected chi connectivity index (χ4v) is 3.22. The highest BCUT2D eigenvalue weighted by Crippen LogP contribution is 2.41. The molecule has 1 unspecified atom stereocenters. The third-order valence-corrected chi connectivity index (χ3v) is 4.37. The second-order valence-corrected chi connectivity index (χ2v) is 6.20. The number of carbonyl (C=O) groups excluding carboxylic acids is 1. The molecule has 1 aliphatic carbocycles. The SMILES string of the molecule is Cc1cc(O)ccc1CC1(C)Cc2cc(O)ccc2C1=O. The molecule has 0 spiro atoms. The molecule has 2 aromatic carbocycles. The summed E-state index contributed by atoms with van der Waals surface area (Å²) in [7, 11) is 0. The van der Waals surface area contributed by atoms with E-state index in [2.05, 4.69) is 0 Å². The number of rotatable bonds is 2. The number of aryl methyl sites for hydroxylation is 1. The first kappa shape index (κ1) is 13.7. The average molecular weight is 282 g/mol. The quantitative estimate of drug-likeness (QED) is 0.887. The number of hydrogen-bond donors (Lipinski definition) is 2. The van der Waals surface area contributed by atoms with Gasteiger partial charge in [-0.2, -0.15) is 0 Å². The van der Waals surface area contributed by atoms with Gasteiger partial charge in [-0.1, -0.05) is 13.0 Å². The summed E-state index contributed by atoms with van der Waals surface area (Å²) in [6.45, 7) is 3.91. The number of phenolic OH excluding ortho intramolecular Hbond substituents is 2. The Bertz CT molecular complexity index is 733. The first-order valence-corrected chi connectivity index (χ1v) is 7.04. The number of benzene rings is 2. The molecule has 0 radical (unpaired) electrons. The van der Waals surface area contributed by atoms with Crippen LogP contribution in [0.15, 0.2) is 36.4 Å². The minimum absolute atomic E-state index is 0.130. The van der Waals surface area contributed by atoms with Gasteiger partial charge in [0.05, 0.1) is 0 Å². The highest BCUT2D eigenvalue weighted by molar-refractivity contribution is 6.05. The van der Waals surface area contributed by atoms with Gasteiger partial charge in [0, 0.05) is 11.0 Å². The van der Waals surface area contributed by atoms with E-state index in [1.165, 1.54) is 0 Å². The Kier molecular flexibility index (Phi) is 3.01. The van der Waals surface area contributed by atoms with Crippen LogP contribution in [0, 0.1) is 12.3 Å². The van der Waals surface area contributed by atoms with Crippen LogP contribution in [0.5, 0.6) is 11.5 Å². The minimum Gasteiger partial charge on any atom is -0.508 e. The van der Waals surface area contributed by atoms with Crippen molar-refractivity contribution >= 4 is 5.78 Å². The largest absolute Gasteiger partial charge is 0.508 e. The summed E-state index contributed by atoms with van der Waals surface area (Å²) in [5, 5.41) is 19.1. The van der Waals surface area contributed by atoms with E-state index in [4.69, 9.17) is 0 Å². The zero-order chi connectivity index (χ0) is 15.2. The molecule has 0 aliphatic heterocycles.